The van der Waals surface area contributed by atoms with Crippen molar-refractivity contribution in [2.45, 2.75) is 76.0 Å². The van der Waals surface area contributed by atoms with E-state index in [1.807, 2.05) is 6.07 Å². The van der Waals surface area contributed by atoms with Gasteiger partial charge in [0.2, 0.25) is 5.56 Å². The molecule has 3 atom stereocenters. The predicted molar refractivity (Wildman–Crippen MR) is 197 cm³/mol. The van der Waals surface area contributed by atoms with Crippen LogP contribution in [-0.4, -0.2) is 86.6 Å². The van der Waals surface area contributed by atoms with Gasteiger partial charge in [-0.15, -0.1) is 0 Å². The van der Waals surface area contributed by atoms with E-state index < -0.39 is 24.1 Å². The fourth-order valence-corrected chi connectivity index (χ4v) is 7.87. The van der Waals surface area contributed by atoms with Gasteiger partial charge in [-0.05, 0) is 92.7 Å². The minimum absolute atomic E-state index is 0.0240. The van der Waals surface area contributed by atoms with Crippen LogP contribution < -0.4 is 15.6 Å². The van der Waals surface area contributed by atoms with Crippen molar-refractivity contribution in [2.24, 2.45) is 5.92 Å². The molecule has 4 aromatic rings. The molecule has 3 fully saturated rings. The molecule has 0 spiro atoms. The van der Waals surface area contributed by atoms with Crippen LogP contribution in [0.5, 0.6) is 11.5 Å². The Balaban J connectivity index is 0.915. The average molecular weight is 716 g/mol. The fourth-order valence-electron chi connectivity index (χ4n) is 7.87. The topological polar surface area (TPSA) is 151 Å². The second kappa shape index (κ2) is 17.8. The number of carboxylic acid groups (broad SMARTS) is 1. The first-order valence-electron chi connectivity index (χ1n) is 18.6. The number of halogens is 1. The molecule has 5 N–H and O–H groups in total. The van der Waals surface area contributed by atoms with Crippen LogP contribution in [0.25, 0.3) is 10.9 Å². The summed E-state index contributed by atoms with van der Waals surface area (Å²) in [6.07, 6.45) is 10.8. The van der Waals surface area contributed by atoms with Crippen LogP contribution in [0.15, 0.2) is 71.8 Å². The number of nitrogens with zero attached hydrogens (tertiary/aromatic N) is 3. The highest BCUT2D eigenvalue weighted by atomic mass is 19.1. The van der Waals surface area contributed by atoms with E-state index in [0.717, 1.165) is 77.4 Å². The van der Waals surface area contributed by atoms with Gasteiger partial charge in [-0.3, -0.25) is 14.7 Å². The van der Waals surface area contributed by atoms with Crippen molar-refractivity contribution in [2.75, 3.05) is 39.3 Å². The van der Waals surface area contributed by atoms with E-state index >= 15 is 0 Å². The molecule has 2 aromatic carbocycles. The Morgan fingerprint density at radius 1 is 1.00 bits per heavy atom. The molecule has 1 amide bonds. The first-order chi connectivity index (χ1) is 25.3. The molecule has 7 rings (SSSR count). The molecule has 2 bridgehead atoms. The van der Waals surface area contributed by atoms with Crippen molar-refractivity contribution in [1.82, 2.24) is 25.1 Å². The molecule has 0 aliphatic carbocycles. The first kappa shape index (κ1) is 37.2. The van der Waals surface area contributed by atoms with Crippen LogP contribution in [0.3, 0.4) is 0 Å². The van der Waals surface area contributed by atoms with Crippen molar-refractivity contribution in [3.05, 3.63) is 99.9 Å². The molecular weight excluding hydrogens is 665 g/mol. The Kier molecular flexibility index (Phi) is 12.8. The molecule has 1 unspecified atom stereocenters. The van der Waals surface area contributed by atoms with Gasteiger partial charge in [0.1, 0.15) is 17.3 Å². The summed E-state index contributed by atoms with van der Waals surface area (Å²) < 4.78 is 20.5. The number of fused-ring (bicyclic) bond motifs is 4. The molecule has 3 aliphatic rings. The molecule has 52 heavy (non-hydrogen) atoms. The molecular formula is C40H50FN5O6. The lowest BCUT2D eigenvalue weighted by Gasteiger charge is -2.50. The van der Waals surface area contributed by atoms with Crippen LogP contribution in [0.1, 0.15) is 86.6 Å². The number of aliphatic hydroxyl groups excluding tert-OH is 1. The molecule has 0 radical (unpaired) electrons. The Morgan fingerprint density at radius 2 is 1.77 bits per heavy atom. The number of benzene rings is 2. The summed E-state index contributed by atoms with van der Waals surface area (Å²) in [6, 6.07) is 13.3. The summed E-state index contributed by atoms with van der Waals surface area (Å²) in [7, 11) is 0. The van der Waals surface area contributed by atoms with Crippen LogP contribution in [0.4, 0.5) is 9.18 Å². The molecule has 3 aliphatic heterocycles. The summed E-state index contributed by atoms with van der Waals surface area (Å²) in [4.78, 5) is 35.4. The molecule has 278 valence electrons. The average Bonchev–Trinajstić information content (AvgIpc) is 3.15. The van der Waals surface area contributed by atoms with E-state index in [9.17, 15) is 29.3 Å². The van der Waals surface area contributed by atoms with Gasteiger partial charge in [-0.1, -0.05) is 50.3 Å². The number of hydrogen-bond acceptors (Lipinski definition) is 8. The predicted octanol–water partition coefficient (Wildman–Crippen LogP) is 6.36. The number of aliphatic hydroxyl groups is 1. The number of pyridine rings is 2. The van der Waals surface area contributed by atoms with Crippen molar-refractivity contribution < 1.29 is 29.2 Å². The summed E-state index contributed by atoms with van der Waals surface area (Å²) in [5, 5.41) is 35.3. The zero-order valence-electron chi connectivity index (χ0n) is 29.6. The Labute approximate surface area is 303 Å². The van der Waals surface area contributed by atoms with Crippen LogP contribution >= 0.6 is 0 Å². The maximum absolute atomic E-state index is 14.5. The standard InChI is InChI=1S/C40H50FN5O6/c41-30-10-8-9-28(21-30)39(46(40(50)51)34-26-45-18-15-27(34)16-19-45)29-22-31(24-43-23-29)52-20-7-5-3-1-2-4-6-17-42-25-36(48)32-11-13-35(47)38-33(32)12-14-37(49)44-38/h8-14,21-24,27,34,36,39,42,47-48H,1-7,15-20,25-26H2,(H,44,49)(H,50,51)/t34-,36-,39?/m0/s1. The number of phenolic OH excluding ortho intramolecular Hbond substituents is 1. The monoisotopic (exact) mass is 715 g/mol. The number of H-pyrrole nitrogens is 1. The zero-order valence-corrected chi connectivity index (χ0v) is 29.6. The first-order valence-corrected chi connectivity index (χ1v) is 18.6. The van der Waals surface area contributed by atoms with Gasteiger partial charge < -0.3 is 35.3 Å². The van der Waals surface area contributed by atoms with Gasteiger partial charge in [-0.2, -0.15) is 0 Å². The number of amides is 1. The number of aromatic hydroxyl groups is 1. The number of carbonyl (C=O) groups is 1. The third kappa shape index (κ3) is 9.28. The Morgan fingerprint density at radius 3 is 2.50 bits per heavy atom. The number of nitrogens with one attached hydrogen (secondary N) is 2. The summed E-state index contributed by atoms with van der Waals surface area (Å²) in [5.41, 5.74) is 1.92. The van der Waals surface area contributed by atoms with Gasteiger partial charge in [-0.25, -0.2) is 9.18 Å². The van der Waals surface area contributed by atoms with E-state index in [1.165, 1.54) is 29.2 Å². The molecule has 3 saturated heterocycles. The van der Waals surface area contributed by atoms with Gasteiger partial charge in [0.15, 0.2) is 0 Å². The number of unbranched alkanes of at least 4 members (excludes halogenated alkanes) is 6. The second-order valence-electron chi connectivity index (χ2n) is 14.1. The van der Waals surface area contributed by atoms with E-state index in [4.69, 9.17) is 4.74 Å². The van der Waals surface area contributed by atoms with Gasteiger partial charge in [0.05, 0.1) is 36.5 Å². The SMILES string of the molecule is O=C(O)N(C(c1cccc(F)c1)c1cncc(OCCCCCCCCCNC[C@H](O)c2ccc(O)c3[nH]c(=O)ccc23)c1)[C@H]1CN2CCC1CC2. The van der Waals surface area contributed by atoms with E-state index in [-0.39, 0.29) is 23.3 Å². The largest absolute Gasteiger partial charge is 0.506 e. The maximum atomic E-state index is 14.5. The quantitative estimate of drug-likeness (QED) is 0.0741. The normalized spacial score (nSPS) is 19.4. The summed E-state index contributed by atoms with van der Waals surface area (Å²) >= 11 is 0. The summed E-state index contributed by atoms with van der Waals surface area (Å²) in [6.45, 7) is 4.34. The van der Waals surface area contributed by atoms with Crippen molar-refractivity contribution in [3.8, 4) is 11.5 Å². The highest BCUT2D eigenvalue weighted by molar-refractivity contribution is 5.87. The maximum Gasteiger partial charge on any atom is 0.408 e. The Bertz CT molecular complexity index is 1850. The van der Waals surface area contributed by atoms with Gasteiger partial charge in [0.25, 0.3) is 0 Å². The smallest absolute Gasteiger partial charge is 0.408 e. The van der Waals surface area contributed by atoms with E-state index in [0.29, 0.717) is 53.0 Å². The molecule has 11 nitrogen and oxygen atoms in total. The minimum Gasteiger partial charge on any atom is -0.506 e. The van der Waals surface area contributed by atoms with E-state index in [1.54, 1.807) is 36.7 Å². The van der Waals surface area contributed by atoms with Crippen molar-refractivity contribution in [3.63, 3.8) is 0 Å². The van der Waals surface area contributed by atoms with Crippen molar-refractivity contribution >= 4 is 17.0 Å². The van der Waals surface area contributed by atoms with Crippen LogP contribution in [-0.2, 0) is 0 Å². The number of rotatable bonds is 18. The molecule has 2 aromatic heterocycles. The van der Waals surface area contributed by atoms with Crippen LogP contribution in [0.2, 0.25) is 0 Å². The molecule has 0 saturated carbocycles. The summed E-state index contributed by atoms with van der Waals surface area (Å²) in [5.74, 6) is 0.416. The number of phenols is 1. The molecule has 12 heteroatoms. The second-order valence-corrected chi connectivity index (χ2v) is 14.1. The number of aromatic amines is 1. The highest BCUT2D eigenvalue weighted by Crippen LogP contribution is 2.39. The lowest BCUT2D eigenvalue weighted by Crippen LogP contribution is -2.59. The van der Waals surface area contributed by atoms with E-state index in [2.05, 4.69) is 20.2 Å². The number of piperidine rings is 3. The fraction of sp³-hybridized carbons (Fsp3) is 0.475. The number of hydrogen-bond donors (Lipinski definition) is 5. The highest BCUT2D eigenvalue weighted by Gasteiger charge is 2.43. The third-order valence-electron chi connectivity index (χ3n) is 10.6. The van der Waals surface area contributed by atoms with Gasteiger partial charge >= 0.3 is 6.09 Å². The van der Waals surface area contributed by atoms with Gasteiger partial charge in [0, 0.05) is 36.3 Å². The zero-order chi connectivity index (χ0) is 36.5. The van der Waals surface area contributed by atoms with Crippen LogP contribution in [0, 0.1) is 11.7 Å². The third-order valence-corrected chi connectivity index (χ3v) is 10.6. The lowest BCUT2D eigenvalue weighted by molar-refractivity contribution is -0.000892. The molecule has 5 heterocycles. The van der Waals surface area contributed by atoms with Crippen molar-refractivity contribution in [1.29, 1.82) is 0 Å². The Hall–Kier alpha value is -4.52. The minimum atomic E-state index is -1.02. The number of aromatic nitrogens is 2. The number of ether oxygens (including phenoxy) is 1. The lowest BCUT2D eigenvalue weighted by atomic mass is 9.81.